The maximum atomic E-state index is 4.68. The summed E-state index contributed by atoms with van der Waals surface area (Å²) < 4.78 is 0. The standard InChI is InChI=1S/C13H22N4S/c1-10(2)15-7-11-6-14-8-13(16-11)17(3)12-4-5-18-9-12/h6,8,10,12,15H,4-5,7,9H2,1-3H3. The number of anilines is 1. The van der Waals surface area contributed by atoms with E-state index >= 15 is 0 Å². The lowest BCUT2D eigenvalue weighted by atomic mass is 10.2. The van der Waals surface area contributed by atoms with Crippen LogP contribution in [-0.4, -0.2) is 40.6 Å². The van der Waals surface area contributed by atoms with E-state index in [9.17, 15) is 0 Å². The van der Waals surface area contributed by atoms with Crippen LogP contribution in [0, 0.1) is 0 Å². The van der Waals surface area contributed by atoms with Crippen molar-refractivity contribution in [1.29, 1.82) is 0 Å². The molecule has 18 heavy (non-hydrogen) atoms. The molecule has 0 radical (unpaired) electrons. The third-order valence-electron chi connectivity index (χ3n) is 3.18. The molecule has 1 unspecified atom stereocenters. The van der Waals surface area contributed by atoms with Gasteiger partial charge < -0.3 is 10.2 Å². The van der Waals surface area contributed by atoms with Gasteiger partial charge >= 0.3 is 0 Å². The van der Waals surface area contributed by atoms with Gasteiger partial charge in [-0.25, -0.2) is 4.98 Å². The molecule has 2 rings (SSSR count). The van der Waals surface area contributed by atoms with Crippen LogP contribution in [0.1, 0.15) is 26.0 Å². The Bertz CT molecular complexity index is 377. The Morgan fingerprint density at radius 1 is 1.50 bits per heavy atom. The summed E-state index contributed by atoms with van der Waals surface area (Å²) in [4.78, 5) is 11.3. The number of hydrogen-bond acceptors (Lipinski definition) is 5. The lowest BCUT2D eigenvalue weighted by Crippen LogP contribution is -2.32. The summed E-state index contributed by atoms with van der Waals surface area (Å²) in [5, 5.41) is 3.37. The van der Waals surface area contributed by atoms with Crippen LogP contribution >= 0.6 is 11.8 Å². The first kappa shape index (κ1) is 13.6. The highest BCUT2D eigenvalue weighted by Crippen LogP contribution is 2.24. The molecule has 1 saturated heterocycles. The molecule has 1 atom stereocenters. The Morgan fingerprint density at radius 3 is 3.00 bits per heavy atom. The second-order valence-electron chi connectivity index (χ2n) is 5.03. The first-order valence-electron chi connectivity index (χ1n) is 6.51. The molecule has 0 amide bonds. The van der Waals surface area contributed by atoms with Gasteiger partial charge in [-0.2, -0.15) is 11.8 Å². The molecule has 5 heteroatoms. The summed E-state index contributed by atoms with van der Waals surface area (Å²) in [6, 6.07) is 1.08. The number of nitrogens with zero attached hydrogens (tertiary/aromatic N) is 3. The Balaban J connectivity index is 2.01. The van der Waals surface area contributed by atoms with Crippen molar-refractivity contribution in [3.05, 3.63) is 18.1 Å². The van der Waals surface area contributed by atoms with Crippen molar-refractivity contribution < 1.29 is 0 Å². The zero-order valence-electron chi connectivity index (χ0n) is 11.4. The molecule has 1 N–H and O–H groups in total. The molecule has 1 aliphatic rings. The smallest absolute Gasteiger partial charge is 0.147 e. The maximum Gasteiger partial charge on any atom is 0.147 e. The van der Waals surface area contributed by atoms with E-state index in [0.717, 1.165) is 18.1 Å². The minimum absolute atomic E-state index is 0.472. The summed E-state index contributed by atoms with van der Waals surface area (Å²) >= 11 is 2.02. The number of aromatic nitrogens is 2. The van der Waals surface area contributed by atoms with Crippen LogP contribution in [0.3, 0.4) is 0 Å². The Kier molecular flexibility index (Phi) is 4.83. The predicted molar refractivity (Wildman–Crippen MR) is 78.1 cm³/mol. The average molecular weight is 266 g/mol. The van der Waals surface area contributed by atoms with Crippen molar-refractivity contribution in [2.24, 2.45) is 0 Å². The monoisotopic (exact) mass is 266 g/mol. The summed E-state index contributed by atoms with van der Waals surface area (Å²) in [5.41, 5.74) is 1.01. The van der Waals surface area contributed by atoms with E-state index in [-0.39, 0.29) is 0 Å². The van der Waals surface area contributed by atoms with E-state index in [2.05, 4.69) is 41.1 Å². The van der Waals surface area contributed by atoms with Gasteiger partial charge in [-0.05, 0) is 12.2 Å². The minimum atomic E-state index is 0.472. The quantitative estimate of drug-likeness (QED) is 0.882. The molecule has 1 aromatic heterocycles. The third kappa shape index (κ3) is 3.59. The molecule has 100 valence electrons. The summed E-state index contributed by atoms with van der Waals surface area (Å²) in [6.07, 6.45) is 4.95. The van der Waals surface area contributed by atoms with Crippen LogP contribution < -0.4 is 10.2 Å². The molecule has 0 aromatic carbocycles. The molecule has 0 saturated carbocycles. The van der Waals surface area contributed by atoms with Crippen molar-refractivity contribution in [1.82, 2.24) is 15.3 Å². The number of thioether (sulfide) groups is 1. The zero-order valence-corrected chi connectivity index (χ0v) is 12.2. The fourth-order valence-electron chi connectivity index (χ4n) is 1.97. The van der Waals surface area contributed by atoms with E-state index < -0.39 is 0 Å². The Labute approximate surface area is 114 Å². The van der Waals surface area contributed by atoms with Gasteiger partial charge in [0.2, 0.25) is 0 Å². The SMILES string of the molecule is CC(C)NCc1cncc(N(C)C2CCSC2)n1. The zero-order chi connectivity index (χ0) is 13.0. The Hall–Kier alpha value is -0.810. The third-order valence-corrected chi connectivity index (χ3v) is 4.32. The highest BCUT2D eigenvalue weighted by Gasteiger charge is 2.21. The van der Waals surface area contributed by atoms with Crippen LogP contribution in [0.5, 0.6) is 0 Å². The topological polar surface area (TPSA) is 41.1 Å². The molecule has 1 aromatic rings. The highest BCUT2D eigenvalue weighted by molar-refractivity contribution is 7.99. The summed E-state index contributed by atoms with van der Waals surface area (Å²) in [6.45, 7) is 5.06. The lowest BCUT2D eigenvalue weighted by molar-refractivity contribution is 0.579. The highest BCUT2D eigenvalue weighted by atomic mass is 32.2. The molecule has 0 bridgehead atoms. The first-order chi connectivity index (χ1) is 8.66. The fraction of sp³-hybridized carbons (Fsp3) is 0.692. The van der Waals surface area contributed by atoms with Crippen LogP contribution in [-0.2, 0) is 6.54 Å². The van der Waals surface area contributed by atoms with Gasteiger partial charge in [-0.15, -0.1) is 0 Å². The maximum absolute atomic E-state index is 4.68. The molecule has 0 spiro atoms. The number of hydrogen-bond donors (Lipinski definition) is 1. The molecule has 1 fully saturated rings. The first-order valence-corrected chi connectivity index (χ1v) is 7.67. The second-order valence-corrected chi connectivity index (χ2v) is 6.18. The molecular weight excluding hydrogens is 244 g/mol. The Morgan fingerprint density at radius 2 is 2.33 bits per heavy atom. The van der Waals surface area contributed by atoms with Crippen LogP contribution in [0.2, 0.25) is 0 Å². The summed E-state index contributed by atoms with van der Waals surface area (Å²) in [5.74, 6) is 3.45. The van der Waals surface area contributed by atoms with Crippen LogP contribution in [0.25, 0.3) is 0 Å². The molecule has 4 nitrogen and oxygen atoms in total. The average Bonchev–Trinajstić information content (AvgIpc) is 2.89. The van der Waals surface area contributed by atoms with E-state index in [1.54, 1.807) is 0 Å². The minimum Gasteiger partial charge on any atom is -0.355 e. The van der Waals surface area contributed by atoms with Crippen molar-refractivity contribution in [3.8, 4) is 0 Å². The van der Waals surface area contributed by atoms with Crippen molar-refractivity contribution in [2.45, 2.75) is 38.9 Å². The van der Waals surface area contributed by atoms with Gasteiger partial charge in [0, 0.05) is 37.6 Å². The van der Waals surface area contributed by atoms with E-state index in [4.69, 9.17) is 0 Å². The van der Waals surface area contributed by atoms with Gasteiger partial charge in [0.1, 0.15) is 5.82 Å². The molecule has 2 heterocycles. The van der Waals surface area contributed by atoms with Crippen molar-refractivity contribution in [3.63, 3.8) is 0 Å². The summed E-state index contributed by atoms with van der Waals surface area (Å²) in [7, 11) is 2.13. The van der Waals surface area contributed by atoms with Gasteiger partial charge in [0.05, 0.1) is 11.9 Å². The van der Waals surface area contributed by atoms with Gasteiger partial charge in [0.15, 0.2) is 0 Å². The van der Waals surface area contributed by atoms with Gasteiger partial charge in [0.25, 0.3) is 0 Å². The van der Waals surface area contributed by atoms with Gasteiger partial charge in [-0.1, -0.05) is 13.8 Å². The molecule has 0 aliphatic carbocycles. The number of nitrogens with one attached hydrogen (secondary N) is 1. The van der Waals surface area contributed by atoms with Crippen LogP contribution in [0.4, 0.5) is 5.82 Å². The van der Waals surface area contributed by atoms with E-state index in [1.807, 2.05) is 24.2 Å². The largest absolute Gasteiger partial charge is 0.355 e. The van der Waals surface area contributed by atoms with E-state index in [0.29, 0.717) is 12.1 Å². The normalized spacial score (nSPS) is 19.4. The van der Waals surface area contributed by atoms with Crippen molar-refractivity contribution >= 4 is 17.6 Å². The molecular formula is C13H22N4S. The molecule has 1 aliphatic heterocycles. The number of rotatable bonds is 5. The van der Waals surface area contributed by atoms with Crippen molar-refractivity contribution in [2.75, 3.05) is 23.5 Å². The van der Waals surface area contributed by atoms with Crippen LogP contribution in [0.15, 0.2) is 12.4 Å². The second kappa shape index (κ2) is 6.38. The predicted octanol–water partition coefficient (Wildman–Crippen LogP) is 1.92. The van der Waals surface area contributed by atoms with Gasteiger partial charge in [-0.3, -0.25) is 4.98 Å². The van der Waals surface area contributed by atoms with E-state index in [1.165, 1.54) is 17.9 Å². The lowest BCUT2D eigenvalue weighted by Gasteiger charge is -2.24. The fourth-order valence-corrected chi connectivity index (χ4v) is 3.24.